The number of non-ortho nitro benzene ring substituents is 1. The highest BCUT2D eigenvalue weighted by molar-refractivity contribution is 5.98. The summed E-state index contributed by atoms with van der Waals surface area (Å²) in [5, 5.41) is 10.8. The van der Waals surface area contributed by atoms with Crippen molar-refractivity contribution in [1.82, 2.24) is 4.90 Å². The first-order chi connectivity index (χ1) is 11.1. The van der Waals surface area contributed by atoms with Crippen LogP contribution >= 0.6 is 0 Å². The Morgan fingerprint density at radius 1 is 1.46 bits per heavy atom. The van der Waals surface area contributed by atoms with Crippen LogP contribution in [-0.4, -0.2) is 48.0 Å². The molecule has 0 bridgehead atoms. The van der Waals surface area contributed by atoms with Crippen LogP contribution in [0.4, 0.5) is 24.5 Å². The van der Waals surface area contributed by atoms with Gasteiger partial charge in [0.05, 0.1) is 16.5 Å². The molecule has 1 atom stereocenters. The van der Waals surface area contributed by atoms with E-state index < -0.39 is 35.4 Å². The Labute approximate surface area is 134 Å². The van der Waals surface area contributed by atoms with E-state index in [1.807, 2.05) is 0 Å². The Hall–Kier alpha value is -2.65. The molecule has 0 N–H and O–H groups in total. The van der Waals surface area contributed by atoms with Crippen molar-refractivity contribution in [3.05, 3.63) is 34.4 Å². The van der Waals surface area contributed by atoms with Gasteiger partial charge in [0.1, 0.15) is 6.54 Å². The molecule has 0 saturated carbocycles. The lowest BCUT2D eigenvalue weighted by Gasteiger charge is -2.22. The van der Waals surface area contributed by atoms with Gasteiger partial charge >= 0.3 is 6.18 Å². The summed E-state index contributed by atoms with van der Waals surface area (Å²) in [7, 11) is 1.36. The lowest BCUT2D eigenvalue weighted by molar-refractivity contribution is -0.384. The molecule has 0 aromatic heterocycles. The molecule has 1 aromatic carbocycles. The van der Waals surface area contributed by atoms with Gasteiger partial charge < -0.3 is 9.80 Å². The summed E-state index contributed by atoms with van der Waals surface area (Å²) in [4.78, 5) is 35.9. The predicted molar refractivity (Wildman–Crippen MR) is 77.2 cm³/mol. The van der Waals surface area contributed by atoms with E-state index in [1.54, 1.807) is 0 Å². The number of alkyl halides is 3. The highest BCUT2D eigenvalue weighted by atomic mass is 19.4. The maximum absolute atomic E-state index is 12.4. The Bertz CT molecular complexity index is 677. The average Bonchev–Trinajstić information content (AvgIpc) is 2.85. The van der Waals surface area contributed by atoms with Gasteiger partial charge in [0.25, 0.3) is 5.69 Å². The lowest BCUT2D eigenvalue weighted by Crippen LogP contribution is -2.37. The molecular formula is C14H14F3N3O4. The molecule has 7 nitrogen and oxygen atoms in total. The van der Waals surface area contributed by atoms with E-state index in [4.69, 9.17) is 0 Å². The number of benzene rings is 1. The van der Waals surface area contributed by atoms with Crippen LogP contribution in [0.3, 0.4) is 0 Å². The predicted octanol–water partition coefficient (Wildman–Crippen LogP) is 1.97. The first-order valence-electron chi connectivity index (χ1n) is 6.95. The largest absolute Gasteiger partial charge is 0.406 e. The van der Waals surface area contributed by atoms with Crippen LogP contribution in [0, 0.1) is 16.0 Å². The molecular weight excluding hydrogens is 331 g/mol. The van der Waals surface area contributed by atoms with E-state index in [1.165, 1.54) is 31.3 Å². The first-order valence-corrected chi connectivity index (χ1v) is 6.95. The zero-order chi connectivity index (χ0) is 18.1. The Morgan fingerprint density at radius 3 is 2.71 bits per heavy atom. The fraction of sp³-hybridized carbons (Fsp3) is 0.429. The van der Waals surface area contributed by atoms with Crippen LogP contribution in [0.1, 0.15) is 6.42 Å². The van der Waals surface area contributed by atoms with Crippen molar-refractivity contribution in [3.8, 4) is 0 Å². The van der Waals surface area contributed by atoms with Crippen molar-refractivity contribution in [2.24, 2.45) is 5.92 Å². The molecule has 24 heavy (non-hydrogen) atoms. The quantitative estimate of drug-likeness (QED) is 0.617. The van der Waals surface area contributed by atoms with Gasteiger partial charge in [0.15, 0.2) is 0 Å². The molecule has 0 unspecified atom stereocenters. The van der Waals surface area contributed by atoms with Crippen molar-refractivity contribution in [1.29, 1.82) is 0 Å². The molecule has 1 heterocycles. The number of nitro benzene ring substituents is 1. The van der Waals surface area contributed by atoms with Crippen molar-refractivity contribution in [2.75, 3.05) is 25.0 Å². The Balaban J connectivity index is 2.10. The highest BCUT2D eigenvalue weighted by Gasteiger charge is 2.41. The van der Waals surface area contributed by atoms with Crippen LogP contribution in [-0.2, 0) is 9.59 Å². The SMILES string of the molecule is CN(C(=O)[C@@H]1CC(=O)N(CC(F)(F)F)C1)c1cccc([N+](=O)[O-])c1. The molecule has 1 saturated heterocycles. The highest BCUT2D eigenvalue weighted by Crippen LogP contribution is 2.27. The molecule has 0 radical (unpaired) electrons. The molecule has 1 aromatic rings. The molecule has 130 valence electrons. The van der Waals surface area contributed by atoms with Gasteiger partial charge in [-0.05, 0) is 6.07 Å². The molecule has 1 aliphatic rings. The number of likely N-dealkylation sites (tertiary alicyclic amines) is 1. The van der Waals surface area contributed by atoms with Crippen molar-refractivity contribution >= 4 is 23.2 Å². The van der Waals surface area contributed by atoms with Crippen LogP contribution in [0.2, 0.25) is 0 Å². The smallest absolute Gasteiger partial charge is 0.333 e. The minimum atomic E-state index is -4.53. The number of amides is 2. The molecule has 0 spiro atoms. The summed E-state index contributed by atoms with van der Waals surface area (Å²) in [6.07, 6.45) is -4.84. The number of carbonyl (C=O) groups is 2. The summed E-state index contributed by atoms with van der Waals surface area (Å²) >= 11 is 0. The Morgan fingerprint density at radius 2 is 2.12 bits per heavy atom. The number of halogens is 3. The third kappa shape index (κ3) is 4.00. The topological polar surface area (TPSA) is 83.8 Å². The van der Waals surface area contributed by atoms with Gasteiger partial charge in [-0.2, -0.15) is 13.2 Å². The van der Waals surface area contributed by atoms with Gasteiger partial charge in [0, 0.05) is 32.1 Å². The zero-order valence-electron chi connectivity index (χ0n) is 12.6. The number of rotatable bonds is 4. The number of hydrogen-bond donors (Lipinski definition) is 0. The number of nitro groups is 1. The minimum Gasteiger partial charge on any atom is -0.333 e. The maximum Gasteiger partial charge on any atom is 0.406 e. The second-order valence-corrected chi connectivity index (χ2v) is 5.46. The molecule has 2 rings (SSSR count). The molecule has 2 amide bonds. The van der Waals surface area contributed by atoms with E-state index in [9.17, 15) is 32.9 Å². The van der Waals surface area contributed by atoms with Gasteiger partial charge in [-0.3, -0.25) is 19.7 Å². The summed E-state index contributed by atoms with van der Waals surface area (Å²) in [6.45, 7) is -1.72. The van der Waals surface area contributed by atoms with Crippen LogP contribution in [0.25, 0.3) is 0 Å². The monoisotopic (exact) mass is 345 g/mol. The number of carbonyl (C=O) groups excluding carboxylic acids is 2. The number of nitrogens with zero attached hydrogens (tertiary/aromatic N) is 3. The maximum atomic E-state index is 12.4. The molecule has 10 heteroatoms. The lowest BCUT2D eigenvalue weighted by atomic mass is 10.1. The summed E-state index contributed by atoms with van der Waals surface area (Å²) in [6, 6.07) is 5.30. The van der Waals surface area contributed by atoms with Gasteiger partial charge in [0.2, 0.25) is 11.8 Å². The second kappa shape index (κ2) is 6.46. The number of hydrogen-bond acceptors (Lipinski definition) is 4. The average molecular weight is 345 g/mol. The second-order valence-electron chi connectivity index (χ2n) is 5.46. The fourth-order valence-corrected chi connectivity index (χ4v) is 2.52. The number of anilines is 1. The fourth-order valence-electron chi connectivity index (χ4n) is 2.52. The molecule has 1 aliphatic heterocycles. The third-order valence-corrected chi connectivity index (χ3v) is 3.69. The third-order valence-electron chi connectivity index (χ3n) is 3.69. The van der Waals surface area contributed by atoms with E-state index in [0.29, 0.717) is 4.90 Å². The molecule has 0 aliphatic carbocycles. The minimum absolute atomic E-state index is 0.214. The summed E-state index contributed by atoms with van der Waals surface area (Å²) in [5.74, 6) is -2.21. The Kier molecular flexibility index (Phi) is 4.76. The van der Waals surface area contributed by atoms with E-state index in [-0.39, 0.29) is 24.3 Å². The van der Waals surface area contributed by atoms with Gasteiger partial charge in [-0.1, -0.05) is 6.07 Å². The van der Waals surface area contributed by atoms with Gasteiger partial charge in [-0.15, -0.1) is 0 Å². The standard InChI is InChI=1S/C14H14F3N3O4/c1-18(10-3-2-4-11(6-10)20(23)24)13(22)9-5-12(21)19(7-9)8-14(15,16)17/h2-4,6,9H,5,7-8H2,1H3/t9-/m1/s1. The van der Waals surface area contributed by atoms with E-state index in [2.05, 4.69) is 0 Å². The van der Waals surface area contributed by atoms with Crippen LogP contribution in [0.5, 0.6) is 0 Å². The van der Waals surface area contributed by atoms with Crippen LogP contribution in [0.15, 0.2) is 24.3 Å². The normalized spacial score (nSPS) is 17.9. The summed E-state index contributed by atoms with van der Waals surface area (Å²) < 4.78 is 37.2. The van der Waals surface area contributed by atoms with Crippen molar-refractivity contribution in [2.45, 2.75) is 12.6 Å². The first kappa shape index (κ1) is 17.7. The van der Waals surface area contributed by atoms with Crippen LogP contribution < -0.4 is 4.90 Å². The van der Waals surface area contributed by atoms with E-state index >= 15 is 0 Å². The van der Waals surface area contributed by atoms with Crippen molar-refractivity contribution < 1.29 is 27.7 Å². The molecule has 1 fully saturated rings. The van der Waals surface area contributed by atoms with Gasteiger partial charge in [-0.25, -0.2) is 0 Å². The zero-order valence-corrected chi connectivity index (χ0v) is 12.6. The summed E-state index contributed by atoms with van der Waals surface area (Å²) in [5.41, 5.74) is 0.0178. The van der Waals surface area contributed by atoms with E-state index in [0.717, 1.165) is 4.90 Å². The van der Waals surface area contributed by atoms with Crippen molar-refractivity contribution in [3.63, 3.8) is 0 Å².